The zero-order valence-electron chi connectivity index (χ0n) is 8.11. The Morgan fingerprint density at radius 2 is 2.19 bits per heavy atom. The fourth-order valence-electron chi connectivity index (χ4n) is 1.07. The summed E-state index contributed by atoms with van der Waals surface area (Å²) in [5.41, 5.74) is -0.0296. The molecule has 1 amide bonds. The lowest BCUT2D eigenvalue weighted by Crippen LogP contribution is -2.24. The van der Waals surface area contributed by atoms with Gasteiger partial charge in [-0.1, -0.05) is 12.1 Å². The summed E-state index contributed by atoms with van der Waals surface area (Å²) < 4.78 is 28.2. The Kier molecular flexibility index (Phi) is 4.21. The van der Waals surface area contributed by atoms with Crippen molar-refractivity contribution in [2.24, 2.45) is 0 Å². The molecule has 6 heteroatoms. The van der Waals surface area contributed by atoms with Crippen molar-refractivity contribution in [3.8, 4) is 11.8 Å². The highest BCUT2D eigenvalue weighted by Crippen LogP contribution is 2.19. The van der Waals surface area contributed by atoms with Gasteiger partial charge in [0.05, 0.1) is 11.6 Å². The van der Waals surface area contributed by atoms with Crippen LogP contribution in [0.4, 0.5) is 8.78 Å². The molecule has 16 heavy (non-hydrogen) atoms. The third-order valence-corrected chi connectivity index (χ3v) is 1.68. The zero-order chi connectivity index (χ0) is 12.0. The number of carbonyl (C=O) groups is 1. The van der Waals surface area contributed by atoms with Crippen LogP contribution in [0.2, 0.25) is 0 Å². The van der Waals surface area contributed by atoms with E-state index < -0.39 is 12.5 Å². The summed E-state index contributed by atoms with van der Waals surface area (Å²) in [5, 5.41) is 10.5. The molecule has 0 heterocycles. The highest BCUT2D eigenvalue weighted by atomic mass is 19.3. The van der Waals surface area contributed by atoms with Crippen molar-refractivity contribution in [1.29, 1.82) is 5.26 Å². The number of hydrogen-bond donors (Lipinski definition) is 1. The predicted molar refractivity (Wildman–Crippen MR) is 51.0 cm³/mol. The molecule has 4 nitrogen and oxygen atoms in total. The SMILES string of the molecule is N#CCNC(=O)c1ccccc1OC(F)F. The second-order valence-electron chi connectivity index (χ2n) is 2.72. The zero-order valence-corrected chi connectivity index (χ0v) is 8.11. The van der Waals surface area contributed by atoms with Crippen LogP contribution < -0.4 is 10.1 Å². The van der Waals surface area contributed by atoms with Crippen molar-refractivity contribution in [1.82, 2.24) is 5.32 Å². The molecule has 0 aliphatic rings. The highest BCUT2D eigenvalue weighted by Gasteiger charge is 2.14. The molecule has 0 aliphatic heterocycles. The van der Waals surface area contributed by atoms with Gasteiger partial charge < -0.3 is 10.1 Å². The van der Waals surface area contributed by atoms with Gasteiger partial charge in [-0.2, -0.15) is 14.0 Å². The van der Waals surface area contributed by atoms with E-state index in [1.807, 2.05) is 0 Å². The van der Waals surface area contributed by atoms with Gasteiger partial charge in [-0.15, -0.1) is 0 Å². The summed E-state index contributed by atoms with van der Waals surface area (Å²) >= 11 is 0. The molecule has 0 spiro atoms. The number of rotatable bonds is 4. The van der Waals surface area contributed by atoms with Crippen LogP contribution in [0.5, 0.6) is 5.75 Å². The number of para-hydroxylation sites is 1. The molecule has 1 rings (SSSR count). The Morgan fingerprint density at radius 3 is 2.81 bits per heavy atom. The van der Waals surface area contributed by atoms with E-state index in [0.717, 1.165) is 0 Å². The first-order valence-electron chi connectivity index (χ1n) is 4.34. The monoisotopic (exact) mass is 226 g/mol. The van der Waals surface area contributed by atoms with E-state index in [1.54, 1.807) is 6.07 Å². The van der Waals surface area contributed by atoms with Gasteiger partial charge in [-0.25, -0.2) is 0 Å². The molecule has 0 atom stereocenters. The Balaban J connectivity index is 2.86. The smallest absolute Gasteiger partial charge is 0.387 e. The molecular weight excluding hydrogens is 218 g/mol. The van der Waals surface area contributed by atoms with Crippen LogP contribution in [0.1, 0.15) is 10.4 Å². The van der Waals surface area contributed by atoms with E-state index in [9.17, 15) is 13.6 Å². The number of nitrogens with one attached hydrogen (secondary N) is 1. The van der Waals surface area contributed by atoms with E-state index in [4.69, 9.17) is 5.26 Å². The first kappa shape index (κ1) is 11.9. The summed E-state index contributed by atoms with van der Waals surface area (Å²) in [6.45, 7) is -3.19. The number of nitrogens with zero attached hydrogens (tertiary/aromatic N) is 1. The van der Waals surface area contributed by atoms with Gasteiger partial charge in [-0.3, -0.25) is 4.79 Å². The van der Waals surface area contributed by atoms with Crippen molar-refractivity contribution in [3.63, 3.8) is 0 Å². The topological polar surface area (TPSA) is 62.1 Å². The minimum absolute atomic E-state index is 0.0296. The van der Waals surface area contributed by atoms with Crippen molar-refractivity contribution >= 4 is 5.91 Å². The molecule has 0 fully saturated rings. The average molecular weight is 226 g/mol. The third kappa shape index (κ3) is 3.20. The van der Waals surface area contributed by atoms with Crippen LogP contribution in [0, 0.1) is 11.3 Å². The first-order valence-corrected chi connectivity index (χ1v) is 4.34. The molecule has 0 unspecified atom stereocenters. The van der Waals surface area contributed by atoms with Crippen molar-refractivity contribution < 1.29 is 18.3 Å². The number of alkyl halides is 2. The van der Waals surface area contributed by atoms with Gasteiger partial charge in [0, 0.05) is 0 Å². The van der Waals surface area contributed by atoms with Crippen LogP contribution in [0.25, 0.3) is 0 Å². The Bertz CT molecular complexity index is 416. The molecule has 0 aromatic heterocycles. The van der Waals surface area contributed by atoms with E-state index in [1.165, 1.54) is 24.3 Å². The van der Waals surface area contributed by atoms with Crippen LogP contribution >= 0.6 is 0 Å². The van der Waals surface area contributed by atoms with Crippen LogP contribution in [-0.2, 0) is 0 Å². The van der Waals surface area contributed by atoms with Gasteiger partial charge >= 0.3 is 6.61 Å². The molecule has 0 saturated carbocycles. The van der Waals surface area contributed by atoms with Crippen LogP contribution in [0.3, 0.4) is 0 Å². The van der Waals surface area contributed by atoms with Crippen LogP contribution in [0.15, 0.2) is 24.3 Å². The third-order valence-electron chi connectivity index (χ3n) is 1.68. The molecule has 0 aliphatic carbocycles. The average Bonchev–Trinajstić information content (AvgIpc) is 2.26. The lowest BCUT2D eigenvalue weighted by Gasteiger charge is -2.09. The minimum Gasteiger partial charge on any atom is -0.434 e. The summed E-state index contributed by atoms with van der Waals surface area (Å²) in [4.78, 5) is 11.4. The molecule has 0 saturated heterocycles. The fraction of sp³-hybridized carbons (Fsp3) is 0.200. The number of halogens is 2. The quantitative estimate of drug-likeness (QED) is 0.792. The van der Waals surface area contributed by atoms with Gasteiger partial charge in [0.25, 0.3) is 5.91 Å². The normalized spacial score (nSPS) is 9.62. The molecular formula is C10H8F2N2O2. The Morgan fingerprint density at radius 1 is 1.50 bits per heavy atom. The molecule has 1 N–H and O–H groups in total. The van der Waals surface area contributed by atoms with E-state index in [-0.39, 0.29) is 17.9 Å². The van der Waals surface area contributed by atoms with Gasteiger partial charge in [0.1, 0.15) is 12.3 Å². The van der Waals surface area contributed by atoms with E-state index >= 15 is 0 Å². The largest absolute Gasteiger partial charge is 0.434 e. The number of amides is 1. The van der Waals surface area contributed by atoms with Gasteiger partial charge in [0.15, 0.2) is 0 Å². The predicted octanol–water partition coefficient (Wildman–Crippen LogP) is 1.54. The van der Waals surface area contributed by atoms with Crippen LogP contribution in [-0.4, -0.2) is 19.1 Å². The van der Waals surface area contributed by atoms with E-state index in [2.05, 4.69) is 10.1 Å². The lowest BCUT2D eigenvalue weighted by molar-refractivity contribution is -0.0501. The Hall–Kier alpha value is -2.16. The molecule has 0 bridgehead atoms. The van der Waals surface area contributed by atoms with Gasteiger partial charge in [0.2, 0.25) is 0 Å². The summed E-state index contributed by atoms with van der Waals surface area (Å²) in [6.07, 6.45) is 0. The van der Waals surface area contributed by atoms with E-state index in [0.29, 0.717) is 0 Å². The highest BCUT2D eigenvalue weighted by molar-refractivity contribution is 5.97. The maximum atomic E-state index is 12.0. The Labute approximate surface area is 90.4 Å². The summed E-state index contributed by atoms with van der Waals surface area (Å²) in [5.74, 6) is -0.842. The van der Waals surface area contributed by atoms with Crippen molar-refractivity contribution in [2.75, 3.05) is 6.54 Å². The number of nitriles is 1. The summed E-state index contributed by atoms with van der Waals surface area (Å²) in [6, 6.07) is 7.29. The second-order valence-corrected chi connectivity index (χ2v) is 2.72. The summed E-state index contributed by atoms with van der Waals surface area (Å²) in [7, 11) is 0. The number of benzene rings is 1. The van der Waals surface area contributed by atoms with Crippen molar-refractivity contribution in [2.45, 2.75) is 6.61 Å². The maximum Gasteiger partial charge on any atom is 0.387 e. The molecule has 1 aromatic rings. The second kappa shape index (κ2) is 5.66. The number of hydrogen-bond acceptors (Lipinski definition) is 3. The molecule has 1 aromatic carbocycles. The number of carbonyl (C=O) groups excluding carboxylic acids is 1. The molecule has 0 radical (unpaired) electrons. The standard InChI is InChI=1S/C10H8F2N2O2/c11-10(12)16-8-4-2-1-3-7(8)9(15)14-6-5-13/h1-4,10H,6H2,(H,14,15). The fourth-order valence-corrected chi connectivity index (χ4v) is 1.07. The maximum absolute atomic E-state index is 12.0. The first-order chi connectivity index (χ1) is 7.65. The van der Waals surface area contributed by atoms with Crippen molar-refractivity contribution in [3.05, 3.63) is 29.8 Å². The lowest BCUT2D eigenvalue weighted by atomic mass is 10.2. The van der Waals surface area contributed by atoms with Gasteiger partial charge in [-0.05, 0) is 12.1 Å². The number of ether oxygens (including phenoxy) is 1. The minimum atomic E-state index is -3.00. The molecule has 84 valence electrons.